The molecular formula is C20H26O6. The van der Waals surface area contributed by atoms with Crippen LogP contribution < -0.4 is 9.47 Å². The van der Waals surface area contributed by atoms with Crippen LogP contribution in [0.3, 0.4) is 0 Å². The first kappa shape index (κ1) is 23.0. The van der Waals surface area contributed by atoms with Crippen molar-refractivity contribution in [3.8, 4) is 11.5 Å². The summed E-state index contributed by atoms with van der Waals surface area (Å²) in [5, 5.41) is 16.7. The molecule has 6 nitrogen and oxygen atoms in total. The zero-order valence-corrected chi connectivity index (χ0v) is 15.6. The highest BCUT2D eigenvalue weighted by atomic mass is 16.5. The third-order valence-electron chi connectivity index (χ3n) is 2.80. The van der Waals surface area contributed by atoms with Crippen molar-refractivity contribution < 1.29 is 29.3 Å². The lowest BCUT2D eigenvalue weighted by molar-refractivity contribution is -0.140. The van der Waals surface area contributed by atoms with E-state index in [1.165, 1.54) is 0 Å². The lowest BCUT2D eigenvalue weighted by atomic mass is 10.2. The number of para-hydroxylation sites is 1. The minimum Gasteiger partial charge on any atom is -0.482 e. The van der Waals surface area contributed by atoms with Gasteiger partial charge >= 0.3 is 11.9 Å². The fraction of sp³-hybridized carbons (Fsp3) is 0.300. The van der Waals surface area contributed by atoms with E-state index in [-0.39, 0.29) is 13.2 Å². The maximum atomic E-state index is 10.2. The highest BCUT2D eigenvalue weighted by Crippen LogP contribution is 2.15. The lowest BCUT2D eigenvalue weighted by Crippen LogP contribution is -2.09. The first-order valence-corrected chi connectivity index (χ1v) is 8.20. The second kappa shape index (κ2) is 13.3. The van der Waals surface area contributed by atoms with Crippen LogP contribution in [0.25, 0.3) is 0 Å². The minimum atomic E-state index is -0.962. The molecule has 0 aromatic heterocycles. The summed E-state index contributed by atoms with van der Waals surface area (Å²) in [6, 6.07) is 14.6. The number of hydrogen-bond donors (Lipinski definition) is 2. The van der Waals surface area contributed by atoms with Crippen molar-refractivity contribution in [3.63, 3.8) is 0 Å². The molecule has 0 saturated carbocycles. The summed E-state index contributed by atoms with van der Waals surface area (Å²) in [4.78, 5) is 20.3. The summed E-state index contributed by atoms with van der Waals surface area (Å²) in [7, 11) is 0. The largest absolute Gasteiger partial charge is 0.482 e. The van der Waals surface area contributed by atoms with E-state index in [0.29, 0.717) is 11.5 Å². The number of rotatable bonds is 6. The van der Waals surface area contributed by atoms with Crippen LogP contribution in [0.4, 0.5) is 0 Å². The van der Waals surface area contributed by atoms with Crippen molar-refractivity contribution in [1.82, 2.24) is 0 Å². The van der Waals surface area contributed by atoms with Crippen LogP contribution >= 0.6 is 0 Å². The molecule has 0 amide bonds. The monoisotopic (exact) mass is 362 g/mol. The molecule has 0 unspecified atom stereocenters. The molecule has 0 spiro atoms. The van der Waals surface area contributed by atoms with Gasteiger partial charge in [-0.25, -0.2) is 9.59 Å². The highest BCUT2D eigenvalue weighted by molar-refractivity contribution is 5.68. The van der Waals surface area contributed by atoms with Crippen molar-refractivity contribution >= 4 is 11.9 Å². The average molecular weight is 362 g/mol. The number of hydrogen-bond acceptors (Lipinski definition) is 4. The smallest absolute Gasteiger partial charge is 0.341 e. The topological polar surface area (TPSA) is 93.1 Å². The molecule has 142 valence electrons. The SMILES string of the molecule is CC.Cc1cccc(OCC(=O)O)c1.Cc1ccccc1OCC(=O)O. The van der Waals surface area contributed by atoms with Gasteiger partial charge in [-0.1, -0.05) is 44.2 Å². The van der Waals surface area contributed by atoms with Crippen molar-refractivity contribution in [2.75, 3.05) is 13.2 Å². The molecule has 0 saturated heterocycles. The fourth-order valence-corrected chi connectivity index (χ4v) is 1.71. The summed E-state index contributed by atoms with van der Waals surface area (Å²) in [6.07, 6.45) is 0. The van der Waals surface area contributed by atoms with Crippen molar-refractivity contribution in [1.29, 1.82) is 0 Å². The molecular weight excluding hydrogens is 336 g/mol. The molecule has 0 fully saturated rings. The van der Waals surface area contributed by atoms with E-state index in [1.807, 2.05) is 58.0 Å². The van der Waals surface area contributed by atoms with Gasteiger partial charge in [0.2, 0.25) is 0 Å². The van der Waals surface area contributed by atoms with E-state index in [1.54, 1.807) is 18.2 Å². The van der Waals surface area contributed by atoms with E-state index in [0.717, 1.165) is 11.1 Å². The molecule has 6 heteroatoms. The van der Waals surface area contributed by atoms with Gasteiger partial charge < -0.3 is 19.7 Å². The molecule has 26 heavy (non-hydrogen) atoms. The molecule has 2 aromatic rings. The molecule has 2 N–H and O–H groups in total. The molecule has 0 aliphatic rings. The van der Waals surface area contributed by atoms with E-state index in [4.69, 9.17) is 19.7 Å². The number of benzene rings is 2. The summed E-state index contributed by atoms with van der Waals surface area (Å²) in [6.45, 7) is 7.22. The summed E-state index contributed by atoms with van der Waals surface area (Å²) >= 11 is 0. The Morgan fingerprint density at radius 1 is 0.846 bits per heavy atom. The van der Waals surface area contributed by atoms with Gasteiger partial charge in [0.15, 0.2) is 13.2 Å². The molecule has 2 rings (SSSR count). The normalized spacial score (nSPS) is 8.92. The Bertz CT molecular complexity index is 682. The van der Waals surface area contributed by atoms with Crippen LogP contribution in [0.5, 0.6) is 11.5 Å². The Balaban J connectivity index is 0.000000439. The number of aryl methyl sites for hydroxylation is 2. The molecule has 0 bridgehead atoms. The second-order valence-electron chi connectivity index (χ2n) is 4.95. The zero-order valence-electron chi connectivity index (χ0n) is 15.6. The Morgan fingerprint density at radius 2 is 1.42 bits per heavy atom. The molecule has 0 aliphatic carbocycles. The van der Waals surface area contributed by atoms with Gasteiger partial charge in [-0.05, 0) is 43.2 Å². The molecule has 0 radical (unpaired) electrons. The fourth-order valence-electron chi connectivity index (χ4n) is 1.71. The van der Waals surface area contributed by atoms with Gasteiger partial charge in [-0.15, -0.1) is 0 Å². The first-order valence-electron chi connectivity index (χ1n) is 8.20. The number of aliphatic carboxylic acids is 2. The Labute approximate surface area is 154 Å². The standard InChI is InChI=1S/2C9H10O3.C2H6/c1-7-3-2-4-8(5-7)12-6-9(10)11;1-7-4-2-3-5-8(7)12-6-9(10)11;1-2/h2*2-5H,6H2,1H3,(H,10,11);1-2H3. The number of carboxylic acid groups (broad SMARTS) is 2. The van der Waals surface area contributed by atoms with Crippen LogP contribution in [-0.4, -0.2) is 35.4 Å². The van der Waals surface area contributed by atoms with Gasteiger partial charge in [0, 0.05) is 0 Å². The van der Waals surface area contributed by atoms with Gasteiger partial charge in [0.25, 0.3) is 0 Å². The predicted octanol–water partition coefficient (Wildman–Crippen LogP) is 3.94. The number of carbonyl (C=O) groups is 2. The van der Waals surface area contributed by atoms with Gasteiger partial charge in [0.05, 0.1) is 0 Å². The third kappa shape index (κ3) is 10.7. The Hall–Kier alpha value is -3.02. The highest BCUT2D eigenvalue weighted by Gasteiger charge is 2.00. The summed E-state index contributed by atoms with van der Waals surface area (Å²) in [5.41, 5.74) is 2.00. The van der Waals surface area contributed by atoms with Crippen LogP contribution in [0.2, 0.25) is 0 Å². The average Bonchev–Trinajstić information content (AvgIpc) is 2.61. The number of ether oxygens (including phenoxy) is 2. The van der Waals surface area contributed by atoms with Gasteiger partial charge in [-0.2, -0.15) is 0 Å². The second-order valence-corrected chi connectivity index (χ2v) is 4.95. The quantitative estimate of drug-likeness (QED) is 0.808. The molecule has 0 aliphatic heterocycles. The van der Waals surface area contributed by atoms with E-state index in [9.17, 15) is 9.59 Å². The summed E-state index contributed by atoms with van der Waals surface area (Å²) in [5.74, 6) is -0.702. The van der Waals surface area contributed by atoms with E-state index < -0.39 is 11.9 Å². The van der Waals surface area contributed by atoms with E-state index >= 15 is 0 Å². The Kier molecular flexibility index (Phi) is 11.7. The number of carboxylic acids is 2. The molecule has 0 atom stereocenters. The third-order valence-corrected chi connectivity index (χ3v) is 2.80. The summed E-state index contributed by atoms with van der Waals surface area (Å²) < 4.78 is 9.95. The Morgan fingerprint density at radius 3 is 1.96 bits per heavy atom. The van der Waals surface area contributed by atoms with Crippen LogP contribution in [0, 0.1) is 13.8 Å². The maximum Gasteiger partial charge on any atom is 0.341 e. The lowest BCUT2D eigenvalue weighted by Gasteiger charge is -2.04. The van der Waals surface area contributed by atoms with Crippen molar-refractivity contribution in [2.45, 2.75) is 27.7 Å². The van der Waals surface area contributed by atoms with Crippen LogP contribution in [0.15, 0.2) is 48.5 Å². The molecule has 0 heterocycles. The minimum absolute atomic E-state index is 0.287. The molecule has 2 aromatic carbocycles. The zero-order chi connectivity index (χ0) is 19.9. The first-order chi connectivity index (χ1) is 12.4. The van der Waals surface area contributed by atoms with E-state index in [2.05, 4.69) is 0 Å². The van der Waals surface area contributed by atoms with Crippen molar-refractivity contribution in [3.05, 3.63) is 59.7 Å². The van der Waals surface area contributed by atoms with Gasteiger partial charge in [-0.3, -0.25) is 0 Å². The predicted molar refractivity (Wildman–Crippen MR) is 100.0 cm³/mol. The maximum absolute atomic E-state index is 10.2. The van der Waals surface area contributed by atoms with Crippen LogP contribution in [0.1, 0.15) is 25.0 Å². The van der Waals surface area contributed by atoms with Gasteiger partial charge in [0.1, 0.15) is 11.5 Å². The van der Waals surface area contributed by atoms with Crippen LogP contribution in [-0.2, 0) is 9.59 Å². The van der Waals surface area contributed by atoms with Crippen molar-refractivity contribution in [2.24, 2.45) is 0 Å².